The highest BCUT2D eigenvalue weighted by Gasteiger charge is 2.64. The predicted octanol–water partition coefficient (Wildman–Crippen LogP) is 3.84. The van der Waals surface area contributed by atoms with Crippen LogP contribution in [0.15, 0.2) is 53.4 Å². The number of carbonyl (C=O) groups excluding carboxylic acids is 3. The Balaban J connectivity index is 1.65. The monoisotopic (exact) mass is 534 g/mol. The van der Waals surface area contributed by atoms with Gasteiger partial charge in [0.1, 0.15) is 22.6 Å². The minimum Gasteiger partial charge on any atom is -0.497 e. The highest BCUT2D eigenvalue weighted by atomic mass is 32.2. The van der Waals surface area contributed by atoms with Crippen LogP contribution < -0.4 is 20.1 Å². The first kappa shape index (κ1) is 23.7. The fourth-order valence-corrected chi connectivity index (χ4v) is 7.62. The van der Waals surface area contributed by atoms with Gasteiger partial charge in [-0.15, -0.1) is 16.9 Å². The largest absolute Gasteiger partial charge is 0.497 e. The Morgan fingerprint density at radius 1 is 0.892 bits per heavy atom. The number of methoxy groups -OCH3 is 2. The number of nitrogens with zero attached hydrogens (tertiary/aromatic N) is 2. The summed E-state index contributed by atoms with van der Waals surface area (Å²) in [6.07, 6.45) is 0.435. The molecule has 1 fully saturated rings. The van der Waals surface area contributed by atoms with E-state index in [9.17, 15) is 14.4 Å². The van der Waals surface area contributed by atoms with Crippen LogP contribution in [0.3, 0.4) is 0 Å². The molecule has 6 rings (SSSR count). The fourth-order valence-electron chi connectivity index (χ4n) is 5.68. The molecule has 2 aromatic carbocycles. The van der Waals surface area contributed by atoms with E-state index in [1.165, 1.54) is 11.5 Å². The average molecular weight is 535 g/mol. The van der Waals surface area contributed by atoms with E-state index >= 15 is 0 Å². The molecule has 1 spiro atoms. The van der Waals surface area contributed by atoms with Crippen molar-refractivity contribution in [1.82, 2.24) is 20.2 Å². The van der Waals surface area contributed by atoms with Gasteiger partial charge in [-0.1, -0.05) is 28.8 Å². The minimum absolute atomic E-state index is 0.435. The van der Waals surface area contributed by atoms with E-state index in [1.807, 2.05) is 36.4 Å². The molecule has 3 aromatic rings. The molecule has 2 N–H and O–H groups in total. The van der Waals surface area contributed by atoms with Gasteiger partial charge in [0.25, 0.3) is 0 Å². The molecule has 1 aliphatic carbocycles. The third-order valence-electron chi connectivity index (χ3n) is 7.35. The molecule has 188 valence electrons. The Labute approximate surface area is 220 Å². The summed E-state index contributed by atoms with van der Waals surface area (Å²) in [5, 5.41) is 9.25. The zero-order chi connectivity index (χ0) is 25.7. The SMILES string of the molecule is COc1ccc(C2CC3=C(c4nnsc4CS3)C(c3ccc(OC)cc3)C23C(=O)NC(=O)NC3=O)cc1. The minimum atomic E-state index is -1.66. The second-order valence-corrected chi connectivity index (χ2v) is 10.9. The zero-order valence-electron chi connectivity index (χ0n) is 19.9. The Kier molecular flexibility index (Phi) is 5.76. The molecule has 0 radical (unpaired) electrons. The lowest BCUT2D eigenvalue weighted by Crippen LogP contribution is -2.67. The summed E-state index contributed by atoms with van der Waals surface area (Å²) in [6.45, 7) is 0. The lowest BCUT2D eigenvalue weighted by molar-refractivity contribution is -0.147. The van der Waals surface area contributed by atoms with Gasteiger partial charge in [0.05, 0.1) is 19.1 Å². The quantitative estimate of drug-likeness (QED) is 0.485. The van der Waals surface area contributed by atoms with E-state index in [1.54, 1.807) is 38.1 Å². The summed E-state index contributed by atoms with van der Waals surface area (Å²) in [5.41, 5.74) is 1.41. The van der Waals surface area contributed by atoms with Crippen LogP contribution in [0.25, 0.3) is 5.57 Å². The Morgan fingerprint density at radius 3 is 2.08 bits per heavy atom. The number of ether oxygens (including phenoxy) is 2. The van der Waals surface area contributed by atoms with Gasteiger partial charge in [-0.25, -0.2) is 4.79 Å². The number of fused-ring (bicyclic) bond motifs is 2. The summed E-state index contributed by atoms with van der Waals surface area (Å²) in [4.78, 5) is 42.4. The van der Waals surface area contributed by atoms with Crippen molar-refractivity contribution >= 4 is 46.7 Å². The number of rotatable bonds is 4. The molecule has 9 nitrogen and oxygen atoms in total. The Bertz CT molecular complexity index is 1430. The topological polar surface area (TPSA) is 120 Å². The number of amides is 4. The van der Waals surface area contributed by atoms with Crippen molar-refractivity contribution in [2.75, 3.05) is 14.2 Å². The van der Waals surface area contributed by atoms with Crippen LogP contribution >= 0.6 is 23.3 Å². The van der Waals surface area contributed by atoms with Crippen LogP contribution in [0.2, 0.25) is 0 Å². The summed E-state index contributed by atoms with van der Waals surface area (Å²) in [7, 11) is 3.16. The molecule has 3 aliphatic rings. The Morgan fingerprint density at radius 2 is 1.49 bits per heavy atom. The maximum atomic E-state index is 14.0. The fraction of sp³-hybridized carbons (Fsp3) is 0.269. The van der Waals surface area contributed by atoms with Crippen molar-refractivity contribution in [2.24, 2.45) is 5.41 Å². The second-order valence-electron chi connectivity index (χ2n) is 9.01. The molecule has 1 aromatic heterocycles. The van der Waals surface area contributed by atoms with Crippen molar-refractivity contribution in [2.45, 2.75) is 24.0 Å². The first-order chi connectivity index (χ1) is 18.0. The molecule has 2 aliphatic heterocycles. The average Bonchev–Trinajstić information content (AvgIpc) is 3.40. The van der Waals surface area contributed by atoms with Crippen molar-refractivity contribution in [3.63, 3.8) is 0 Å². The van der Waals surface area contributed by atoms with Crippen molar-refractivity contribution < 1.29 is 23.9 Å². The molecule has 0 saturated carbocycles. The van der Waals surface area contributed by atoms with E-state index < -0.39 is 35.1 Å². The molecule has 11 heteroatoms. The van der Waals surface area contributed by atoms with Crippen molar-refractivity contribution in [3.05, 3.63) is 75.1 Å². The molecule has 2 unspecified atom stereocenters. The van der Waals surface area contributed by atoms with Crippen LogP contribution in [0, 0.1) is 5.41 Å². The van der Waals surface area contributed by atoms with Gasteiger partial charge in [0.15, 0.2) is 0 Å². The lowest BCUT2D eigenvalue weighted by atomic mass is 9.54. The number of imide groups is 2. The highest BCUT2D eigenvalue weighted by Crippen LogP contribution is 2.63. The van der Waals surface area contributed by atoms with Gasteiger partial charge in [-0.3, -0.25) is 20.2 Å². The number of nitrogens with one attached hydrogen (secondary N) is 2. The van der Waals surface area contributed by atoms with Crippen LogP contribution in [0.4, 0.5) is 4.79 Å². The van der Waals surface area contributed by atoms with Gasteiger partial charge in [-0.05, 0) is 63.8 Å². The number of hydrogen-bond donors (Lipinski definition) is 2. The van der Waals surface area contributed by atoms with E-state index in [-0.39, 0.29) is 0 Å². The van der Waals surface area contributed by atoms with Crippen molar-refractivity contribution in [1.29, 1.82) is 0 Å². The van der Waals surface area contributed by atoms with Crippen LogP contribution in [0.1, 0.15) is 40.0 Å². The van der Waals surface area contributed by atoms with Gasteiger partial charge in [0.2, 0.25) is 11.8 Å². The third kappa shape index (κ3) is 3.56. The number of benzene rings is 2. The second kappa shape index (κ2) is 9.00. The molecular formula is C26H22N4O5S2. The number of hydrogen-bond acceptors (Lipinski definition) is 9. The smallest absolute Gasteiger partial charge is 0.328 e. The predicted molar refractivity (Wildman–Crippen MR) is 138 cm³/mol. The van der Waals surface area contributed by atoms with Crippen LogP contribution in [-0.4, -0.2) is 41.7 Å². The molecule has 2 atom stereocenters. The number of carbonyl (C=O) groups is 3. The van der Waals surface area contributed by atoms with Crippen LogP contribution in [-0.2, 0) is 15.3 Å². The summed E-state index contributed by atoms with van der Waals surface area (Å²) < 4.78 is 14.9. The number of aromatic nitrogens is 2. The maximum Gasteiger partial charge on any atom is 0.328 e. The molecule has 3 heterocycles. The summed E-state index contributed by atoms with van der Waals surface area (Å²) in [5.74, 6) is -0.504. The molecular weight excluding hydrogens is 512 g/mol. The lowest BCUT2D eigenvalue weighted by Gasteiger charge is -2.50. The molecule has 1 saturated heterocycles. The molecule has 37 heavy (non-hydrogen) atoms. The number of allylic oxidation sites excluding steroid dienone is 2. The summed E-state index contributed by atoms with van der Waals surface area (Å²) in [6, 6.07) is 13.9. The first-order valence-electron chi connectivity index (χ1n) is 11.6. The van der Waals surface area contributed by atoms with Gasteiger partial charge < -0.3 is 9.47 Å². The highest BCUT2D eigenvalue weighted by molar-refractivity contribution is 8.02. The first-order valence-corrected chi connectivity index (χ1v) is 13.4. The number of barbiturate groups is 1. The summed E-state index contributed by atoms with van der Waals surface area (Å²) >= 11 is 3.00. The van der Waals surface area contributed by atoms with Gasteiger partial charge >= 0.3 is 6.03 Å². The van der Waals surface area contributed by atoms with E-state index in [4.69, 9.17) is 9.47 Å². The van der Waals surface area contributed by atoms with Gasteiger partial charge in [-0.2, -0.15) is 0 Å². The maximum absolute atomic E-state index is 14.0. The van der Waals surface area contributed by atoms with Crippen molar-refractivity contribution in [3.8, 4) is 11.5 Å². The Hall–Kier alpha value is -3.70. The van der Waals surface area contributed by atoms with Crippen LogP contribution in [0.5, 0.6) is 11.5 Å². The number of urea groups is 1. The zero-order valence-corrected chi connectivity index (χ0v) is 21.6. The molecule has 4 amide bonds. The van der Waals surface area contributed by atoms with E-state index in [2.05, 4.69) is 20.2 Å². The van der Waals surface area contributed by atoms with E-state index in [0.29, 0.717) is 23.6 Å². The third-order valence-corrected chi connectivity index (χ3v) is 9.42. The van der Waals surface area contributed by atoms with E-state index in [0.717, 1.165) is 32.2 Å². The standard InChI is InChI=1S/C26H22N4O5S2/c1-34-15-7-3-13(4-8-15)17-11-18-20(22-19(12-36-18)37-30-29-22)21(14-5-9-16(35-2)10-6-14)26(17)23(31)27-25(33)28-24(26)32/h3-10,17,21H,11-12H2,1-2H3,(H2,27,28,31,32,33). The normalized spacial score (nSPS) is 22.2. The molecule has 0 bridgehead atoms. The number of thioether (sulfide) groups is 1. The van der Waals surface area contributed by atoms with Gasteiger partial charge in [0, 0.05) is 17.6 Å².